The number of aromatic nitrogens is 2. The second kappa shape index (κ2) is 4.37. The molecule has 0 unspecified atom stereocenters. The van der Waals surface area contributed by atoms with Crippen LogP contribution in [0.5, 0.6) is 0 Å². The van der Waals surface area contributed by atoms with E-state index in [9.17, 15) is 0 Å². The van der Waals surface area contributed by atoms with Crippen molar-refractivity contribution in [1.82, 2.24) is 14.7 Å². The fourth-order valence-corrected chi connectivity index (χ4v) is 2.55. The van der Waals surface area contributed by atoms with Crippen molar-refractivity contribution in [2.45, 2.75) is 38.3 Å². The third kappa shape index (κ3) is 2.13. The van der Waals surface area contributed by atoms with Gasteiger partial charge in [0.1, 0.15) is 11.5 Å². The molecule has 0 aliphatic heterocycles. The van der Waals surface area contributed by atoms with Gasteiger partial charge in [0.05, 0.1) is 5.69 Å². The summed E-state index contributed by atoms with van der Waals surface area (Å²) in [4.78, 5) is 4.55. The van der Waals surface area contributed by atoms with E-state index < -0.39 is 0 Å². The normalized spacial score (nSPS) is 16.9. The lowest BCUT2D eigenvalue weighted by atomic mass is 10.2. The molecule has 2 heterocycles. The Morgan fingerprint density at radius 2 is 2.18 bits per heavy atom. The molecule has 1 aliphatic rings. The van der Waals surface area contributed by atoms with Crippen molar-refractivity contribution in [2.75, 3.05) is 5.73 Å². The van der Waals surface area contributed by atoms with Crippen LogP contribution in [0.2, 0.25) is 0 Å². The lowest BCUT2D eigenvalue weighted by molar-refractivity contribution is 0.520. The van der Waals surface area contributed by atoms with Gasteiger partial charge in [-0.3, -0.25) is 4.40 Å². The van der Waals surface area contributed by atoms with E-state index in [4.69, 9.17) is 5.73 Å². The standard InChI is InChI=1S/C13H18N4/c14-12-6-3-7-13-16-11(9-17(12)13)8-15-10-4-1-2-5-10/h3,6-7,9-10,15H,1-2,4-5,8,14H2. The van der Waals surface area contributed by atoms with Crippen LogP contribution in [-0.2, 0) is 6.54 Å². The highest BCUT2D eigenvalue weighted by Crippen LogP contribution is 2.18. The highest BCUT2D eigenvalue weighted by Gasteiger charge is 2.14. The average molecular weight is 230 g/mol. The molecule has 2 aromatic heterocycles. The van der Waals surface area contributed by atoms with Gasteiger partial charge in [0.15, 0.2) is 0 Å². The van der Waals surface area contributed by atoms with Crippen molar-refractivity contribution in [3.05, 3.63) is 30.1 Å². The lowest BCUT2D eigenvalue weighted by Gasteiger charge is -2.09. The molecule has 0 radical (unpaired) electrons. The van der Waals surface area contributed by atoms with E-state index in [1.165, 1.54) is 25.7 Å². The number of fused-ring (bicyclic) bond motifs is 1. The van der Waals surface area contributed by atoms with Crippen LogP contribution in [0.1, 0.15) is 31.4 Å². The number of nitrogens with one attached hydrogen (secondary N) is 1. The third-order valence-corrected chi connectivity index (χ3v) is 3.50. The van der Waals surface area contributed by atoms with Gasteiger partial charge in [-0.1, -0.05) is 18.9 Å². The summed E-state index contributed by atoms with van der Waals surface area (Å²) in [5, 5.41) is 3.56. The molecule has 0 saturated heterocycles. The molecule has 3 N–H and O–H groups in total. The van der Waals surface area contributed by atoms with Crippen LogP contribution in [-0.4, -0.2) is 15.4 Å². The molecule has 1 fully saturated rings. The van der Waals surface area contributed by atoms with Crippen LogP contribution in [0.4, 0.5) is 5.82 Å². The van der Waals surface area contributed by atoms with E-state index in [0.717, 1.165) is 23.7 Å². The first-order valence-corrected chi connectivity index (χ1v) is 6.29. The van der Waals surface area contributed by atoms with E-state index in [1.807, 2.05) is 28.8 Å². The van der Waals surface area contributed by atoms with Crippen molar-refractivity contribution < 1.29 is 0 Å². The highest BCUT2D eigenvalue weighted by molar-refractivity contribution is 5.48. The Morgan fingerprint density at radius 3 is 2.94 bits per heavy atom. The van der Waals surface area contributed by atoms with Gasteiger partial charge in [0.25, 0.3) is 0 Å². The van der Waals surface area contributed by atoms with E-state index >= 15 is 0 Å². The zero-order valence-corrected chi connectivity index (χ0v) is 9.89. The van der Waals surface area contributed by atoms with Gasteiger partial charge in [-0.25, -0.2) is 4.98 Å². The number of anilines is 1. The fourth-order valence-electron chi connectivity index (χ4n) is 2.55. The topological polar surface area (TPSA) is 55.3 Å². The molecule has 17 heavy (non-hydrogen) atoms. The molecule has 4 nitrogen and oxygen atoms in total. The van der Waals surface area contributed by atoms with Crippen molar-refractivity contribution >= 4 is 11.5 Å². The van der Waals surface area contributed by atoms with Crippen molar-refractivity contribution in [2.24, 2.45) is 0 Å². The zero-order valence-electron chi connectivity index (χ0n) is 9.89. The summed E-state index contributed by atoms with van der Waals surface area (Å²) in [5.74, 6) is 0.738. The first kappa shape index (κ1) is 10.6. The Morgan fingerprint density at radius 1 is 1.35 bits per heavy atom. The summed E-state index contributed by atoms with van der Waals surface area (Å²) < 4.78 is 1.94. The van der Waals surface area contributed by atoms with Gasteiger partial charge in [-0.2, -0.15) is 0 Å². The minimum atomic E-state index is 0.678. The number of hydrogen-bond acceptors (Lipinski definition) is 3. The van der Waals surface area contributed by atoms with Gasteiger partial charge < -0.3 is 11.1 Å². The van der Waals surface area contributed by atoms with Crippen LogP contribution in [0.15, 0.2) is 24.4 Å². The molecule has 1 aliphatic carbocycles. The summed E-state index contributed by atoms with van der Waals surface area (Å²) >= 11 is 0. The van der Waals surface area contributed by atoms with E-state index in [2.05, 4.69) is 10.3 Å². The molecule has 4 heteroatoms. The maximum atomic E-state index is 5.89. The largest absolute Gasteiger partial charge is 0.385 e. The Labute approximate surface area is 101 Å². The lowest BCUT2D eigenvalue weighted by Crippen LogP contribution is -2.25. The quantitative estimate of drug-likeness (QED) is 0.847. The highest BCUT2D eigenvalue weighted by atomic mass is 15.1. The van der Waals surface area contributed by atoms with Gasteiger partial charge in [-0.15, -0.1) is 0 Å². The van der Waals surface area contributed by atoms with Crippen LogP contribution >= 0.6 is 0 Å². The smallest absolute Gasteiger partial charge is 0.138 e. The predicted octanol–water partition coefficient (Wildman–Crippen LogP) is 1.95. The fraction of sp³-hybridized carbons (Fsp3) is 0.462. The molecule has 0 atom stereocenters. The number of imidazole rings is 1. The summed E-state index contributed by atoms with van der Waals surface area (Å²) in [7, 11) is 0. The molecule has 1 saturated carbocycles. The van der Waals surface area contributed by atoms with Crippen LogP contribution in [0.3, 0.4) is 0 Å². The molecule has 0 amide bonds. The molecular formula is C13H18N4. The second-order valence-electron chi connectivity index (χ2n) is 4.77. The van der Waals surface area contributed by atoms with Crippen LogP contribution < -0.4 is 11.1 Å². The minimum absolute atomic E-state index is 0.678. The monoisotopic (exact) mass is 230 g/mol. The van der Waals surface area contributed by atoms with E-state index in [-0.39, 0.29) is 0 Å². The Kier molecular flexibility index (Phi) is 2.73. The zero-order chi connectivity index (χ0) is 11.7. The van der Waals surface area contributed by atoms with Crippen molar-refractivity contribution in [1.29, 1.82) is 0 Å². The number of hydrogen-bond donors (Lipinski definition) is 2. The number of nitrogen functional groups attached to an aromatic ring is 1. The van der Waals surface area contributed by atoms with E-state index in [1.54, 1.807) is 0 Å². The van der Waals surface area contributed by atoms with Crippen molar-refractivity contribution in [3.8, 4) is 0 Å². The molecule has 90 valence electrons. The second-order valence-corrected chi connectivity index (χ2v) is 4.77. The van der Waals surface area contributed by atoms with E-state index in [0.29, 0.717) is 6.04 Å². The van der Waals surface area contributed by atoms with Gasteiger partial charge in [0.2, 0.25) is 0 Å². The average Bonchev–Trinajstić information content (AvgIpc) is 2.95. The molecule has 0 bridgehead atoms. The third-order valence-electron chi connectivity index (χ3n) is 3.50. The molecule has 3 rings (SSSR count). The number of rotatable bonds is 3. The summed E-state index contributed by atoms with van der Waals surface area (Å²) in [6.07, 6.45) is 7.34. The molecule has 0 spiro atoms. The van der Waals surface area contributed by atoms with Gasteiger partial charge in [-0.05, 0) is 25.0 Å². The number of nitrogens with two attached hydrogens (primary N) is 1. The Bertz CT molecular complexity index is 511. The molecule has 2 aromatic rings. The number of nitrogens with zero attached hydrogens (tertiary/aromatic N) is 2. The molecular weight excluding hydrogens is 212 g/mol. The maximum absolute atomic E-state index is 5.89. The Balaban J connectivity index is 1.74. The SMILES string of the molecule is Nc1cccc2nc(CNC3CCCC3)cn12. The van der Waals surface area contributed by atoms with Gasteiger partial charge in [0, 0.05) is 18.8 Å². The van der Waals surface area contributed by atoms with Crippen LogP contribution in [0, 0.1) is 0 Å². The first-order valence-electron chi connectivity index (χ1n) is 6.29. The summed E-state index contributed by atoms with van der Waals surface area (Å²) in [6, 6.07) is 6.49. The molecule has 0 aromatic carbocycles. The number of pyridine rings is 1. The maximum Gasteiger partial charge on any atom is 0.138 e. The summed E-state index contributed by atoms with van der Waals surface area (Å²) in [6.45, 7) is 0.839. The Hall–Kier alpha value is -1.55. The summed E-state index contributed by atoms with van der Waals surface area (Å²) in [5.41, 5.74) is 7.88. The predicted molar refractivity (Wildman–Crippen MR) is 68.7 cm³/mol. The minimum Gasteiger partial charge on any atom is -0.385 e. The first-order chi connectivity index (χ1) is 8.33. The van der Waals surface area contributed by atoms with Gasteiger partial charge >= 0.3 is 0 Å². The van der Waals surface area contributed by atoms with Crippen molar-refractivity contribution in [3.63, 3.8) is 0 Å². The van der Waals surface area contributed by atoms with Crippen LogP contribution in [0.25, 0.3) is 5.65 Å².